The van der Waals surface area contributed by atoms with Gasteiger partial charge in [-0.15, -0.1) is 5.26 Å². The van der Waals surface area contributed by atoms with Gasteiger partial charge < -0.3 is 0 Å². The summed E-state index contributed by atoms with van der Waals surface area (Å²) >= 11 is 0. The first-order valence-corrected chi connectivity index (χ1v) is 3.11. The third-order valence-corrected chi connectivity index (χ3v) is 1.69. The molecule has 0 fully saturated rings. The van der Waals surface area contributed by atoms with Gasteiger partial charge in [0.05, 0.1) is 5.97 Å². The standard InChI is InChI=1S/C4BF9N.K/c6-2(7,8)5(1-15,3(9,10)11)4(12,13)14;/q-1;+1/p+1. The number of rotatable bonds is 0. The molecule has 16 heavy (non-hydrogen) atoms. The van der Waals surface area contributed by atoms with Crippen molar-refractivity contribution >= 4 is 6.15 Å². The van der Waals surface area contributed by atoms with Gasteiger partial charge in [0.25, 0.3) is 18.2 Å². The van der Waals surface area contributed by atoms with Crippen LogP contribution in [0.25, 0.3) is 0 Å². The van der Waals surface area contributed by atoms with Gasteiger partial charge in [0.1, 0.15) is 0 Å². The second-order valence-corrected chi connectivity index (χ2v) is 2.64. The van der Waals surface area contributed by atoms with Gasteiger partial charge in [0.15, 0.2) is 0 Å². The van der Waals surface area contributed by atoms with Crippen LogP contribution in [-0.2, 0) is 0 Å². The molecule has 0 spiro atoms. The minimum absolute atomic E-state index is 0. The van der Waals surface area contributed by atoms with Crippen molar-refractivity contribution in [1.29, 1.82) is 0 Å². The van der Waals surface area contributed by atoms with Crippen LogP contribution in [0.1, 0.15) is 0 Å². The van der Waals surface area contributed by atoms with Crippen molar-refractivity contribution in [2.45, 2.75) is 18.2 Å². The molecule has 0 bridgehead atoms. The predicted octanol–water partition coefficient (Wildman–Crippen LogP) is -1.94. The zero-order valence-corrected chi connectivity index (χ0v) is 10.6. The number of nitrogens with one attached hydrogen (secondary N) is 1. The first-order valence-electron chi connectivity index (χ1n) is 3.11. The zero-order chi connectivity index (χ0) is 12.7. The Bertz CT molecular complexity index is 246. The van der Waals surface area contributed by atoms with Crippen molar-refractivity contribution in [3.8, 4) is 5.97 Å². The molecule has 0 amide bonds. The van der Waals surface area contributed by atoms with Crippen LogP contribution in [-0.4, -0.2) is 24.4 Å². The van der Waals surface area contributed by atoms with Crippen LogP contribution in [0.3, 0.4) is 0 Å². The largest absolute Gasteiger partial charge is 1.00 e. The Morgan fingerprint density at radius 1 is 0.688 bits per heavy atom. The Hall–Kier alpha value is 0.561. The fraction of sp³-hybridized carbons (Fsp3) is 0.750. The van der Waals surface area contributed by atoms with Gasteiger partial charge in [0.2, 0.25) is 0 Å². The topological polar surface area (TPSA) is 23.8 Å². The molecule has 0 radical (unpaired) electrons. The summed E-state index contributed by atoms with van der Waals surface area (Å²) in [5.74, 6) is -0.427. The molecule has 12 heteroatoms. The van der Waals surface area contributed by atoms with Crippen molar-refractivity contribution in [2.24, 2.45) is 0 Å². The van der Waals surface area contributed by atoms with E-state index in [1.807, 2.05) is 0 Å². The van der Waals surface area contributed by atoms with Crippen LogP contribution in [0.4, 0.5) is 39.5 Å². The normalized spacial score (nSPS) is 14.0. The smallest absolute Gasteiger partial charge is 0.214 e. The first-order chi connectivity index (χ1) is 6.31. The number of hydrogen-bond acceptors (Lipinski definition) is 0. The van der Waals surface area contributed by atoms with Crippen LogP contribution >= 0.6 is 0 Å². The van der Waals surface area contributed by atoms with Crippen molar-refractivity contribution in [3.63, 3.8) is 0 Å². The summed E-state index contributed by atoms with van der Waals surface area (Å²) in [5, 5.41) is 5.69. The van der Waals surface area contributed by atoms with Gasteiger partial charge in [-0.25, -0.2) is 39.5 Å². The molecule has 0 aromatic carbocycles. The van der Waals surface area contributed by atoms with Crippen molar-refractivity contribution in [3.05, 3.63) is 0 Å². The monoisotopic (exact) mass is 284 g/mol. The molecule has 0 rings (SSSR count). The van der Waals surface area contributed by atoms with Crippen LogP contribution in [0, 0.1) is 5.97 Å². The summed E-state index contributed by atoms with van der Waals surface area (Å²) < 4.78 is 106. The van der Waals surface area contributed by atoms with E-state index in [1.165, 1.54) is 0 Å². The van der Waals surface area contributed by atoms with Gasteiger partial charge >= 0.3 is 57.5 Å². The summed E-state index contributed by atoms with van der Waals surface area (Å²) in [6.07, 6.45) is -27.0. The van der Waals surface area contributed by atoms with Crippen molar-refractivity contribution in [1.82, 2.24) is 0 Å². The molecule has 0 saturated heterocycles. The molecule has 0 aromatic heterocycles. The van der Waals surface area contributed by atoms with Gasteiger partial charge in [-0.3, -0.25) is 0 Å². The van der Waals surface area contributed by atoms with Crippen LogP contribution in [0.2, 0.25) is 0 Å². The Morgan fingerprint density at radius 2 is 0.875 bits per heavy atom. The molecule has 88 valence electrons. The minimum atomic E-state index is -7.01. The maximum atomic E-state index is 11.8. The van der Waals surface area contributed by atoms with E-state index in [4.69, 9.17) is 5.26 Å². The third kappa shape index (κ3) is 2.87. The van der Waals surface area contributed by atoms with E-state index < -0.39 is 30.3 Å². The van der Waals surface area contributed by atoms with Gasteiger partial charge in [-0.2, -0.15) is 0 Å². The predicted molar refractivity (Wildman–Crippen MR) is 28.8 cm³/mol. The SMILES string of the molecule is [K+].[NH+]#C[B-](C(F)(F)F)(C(F)(F)F)C(F)(F)F. The molecule has 0 aliphatic carbocycles. The van der Waals surface area contributed by atoms with Crippen LogP contribution in [0.15, 0.2) is 0 Å². The summed E-state index contributed by atoms with van der Waals surface area (Å²) in [5.41, 5.74) is 0. The molecule has 0 unspecified atom stereocenters. The molecular weight excluding hydrogens is 283 g/mol. The van der Waals surface area contributed by atoms with E-state index >= 15 is 0 Å². The average Bonchev–Trinajstić information content (AvgIpc) is 1.76. The fourth-order valence-electron chi connectivity index (χ4n) is 0.802. The third-order valence-electron chi connectivity index (χ3n) is 1.69. The Kier molecular flexibility index (Phi) is 5.97. The first kappa shape index (κ1) is 18.9. The molecule has 0 aliphatic rings. The van der Waals surface area contributed by atoms with E-state index in [9.17, 15) is 39.5 Å². The summed E-state index contributed by atoms with van der Waals surface area (Å²) in [6.45, 7) is 0. The molecule has 0 heterocycles. The van der Waals surface area contributed by atoms with Gasteiger partial charge in [-0.1, -0.05) is 0 Å². The molecule has 1 nitrogen and oxygen atoms in total. The van der Waals surface area contributed by atoms with E-state index in [0.29, 0.717) is 0 Å². The molecular formula is C4HBF9KN+. The Balaban J connectivity index is 0. The number of hydrogen-bond donors (Lipinski definition) is 1. The molecule has 0 atom stereocenters. The molecule has 0 aromatic rings. The summed E-state index contributed by atoms with van der Waals surface area (Å²) in [6, 6.07) is 0. The molecule has 0 aliphatic heterocycles. The average molecular weight is 284 g/mol. The fourth-order valence-corrected chi connectivity index (χ4v) is 0.802. The second kappa shape index (κ2) is 5.05. The molecule has 1 N–H and O–H groups in total. The van der Waals surface area contributed by atoms with Crippen molar-refractivity contribution < 1.29 is 96.2 Å². The van der Waals surface area contributed by atoms with Crippen molar-refractivity contribution in [2.75, 3.05) is 0 Å². The van der Waals surface area contributed by atoms with Crippen LogP contribution in [0.5, 0.6) is 0 Å². The summed E-state index contributed by atoms with van der Waals surface area (Å²) in [4.78, 5) is 0. The maximum absolute atomic E-state index is 11.8. The van der Waals surface area contributed by atoms with E-state index in [0.717, 1.165) is 0 Å². The van der Waals surface area contributed by atoms with Gasteiger partial charge in [-0.05, 0) is 0 Å². The minimum Gasteiger partial charge on any atom is -0.214 e. The number of alkyl halides is 9. The quantitative estimate of drug-likeness (QED) is 0.395. The van der Waals surface area contributed by atoms with Crippen LogP contribution < -0.4 is 56.6 Å². The Labute approximate surface area is 125 Å². The second-order valence-electron chi connectivity index (χ2n) is 2.64. The maximum Gasteiger partial charge on any atom is 1.00 e. The van der Waals surface area contributed by atoms with E-state index in [1.54, 1.807) is 0 Å². The van der Waals surface area contributed by atoms with E-state index in [-0.39, 0.29) is 51.4 Å². The summed E-state index contributed by atoms with van der Waals surface area (Å²) in [7, 11) is 0. The Morgan fingerprint density at radius 3 is 0.875 bits per heavy atom. The zero-order valence-electron chi connectivity index (χ0n) is 7.48. The van der Waals surface area contributed by atoms with Gasteiger partial charge in [0, 0.05) is 0 Å². The number of halogens is 9. The van der Waals surface area contributed by atoms with E-state index in [2.05, 4.69) is 0 Å². The molecule has 0 saturated carbocycles.